The Balaban J connectivity index is 0.000000107. The minimum absolute atomic E-state index is 0.446. The number of nitriles is 6. The summed E-state index contributed by atoms with van der Waals surface area (Å²) in [7, 11) is 0. The third kappa shape index (κ3) is 12.4. The molecule has 15 heteroatoms. The summed E-state index contributed by atoms with van der Waals surface area (Å²) >= 11 is 0. The van der Waals surface area contributed by atoms with Crippen LogP contribution in [-0.4, -0.2) is 41.1 Å². The van der Waals surface area contributed by atoms with E-state index in [-0.39, 0.29) is 0 Å². The highest BCUT2D eigenvalue weighted by Crippen LogP contribution is 2.53. The van der Waals surface area contributed by atoms with Crippen LogP contribution in [0.5, 0.6) is 0 Å². The molecule has 9 aromatic heterocycles. The second-order valence-electron chi connectivity index (χ2n) is 37.2. The van der Waals surface area contributed by atoms with Crippen molar-refractivity contribution >= 4 is 196 Å². The lowest BCUT2D eigenvalue weighted by Crippen LogP contribution is -1.98. The number of hydrogen-bond acceptors (Lipinski definition) is 6. The van der Waals surface area contributed by atoms with E-state index >= 15 is 0 Å². The summed E-state index contributed by atoms with van der Waals surface area (Å²) in [6.07, 6.45) is 0. The summed E-state index contributed by atoms with van der Waals surface area (Å²) in [5, 5.41) is 80.8. The van der Waals surface area contributed by atoms with Crippen LogP contribution < -0.4 is 0 Å². The Bertz CT molecular complexity index is 11000. The third-order valence-electron chi connectivity index (χ3n) is 29.6. The van der Waals surface area contributed by atoms with Gasteiger partial charge in [-0.25, -0.2) is 0 Å². The topological polar surface area (TPSA) is 187 Å². The molecule has 0 fully saturated rings. The standard InChI is InChI=1S/3C44H25N5/c45-26-28-19-22-38-35(25-28)42-40(49(38)36-17-9-7-11-29(36)27-46)24-21-33-32-20-23-39-41(43(32)48(44(33)42)31-14-5-2-6-15-31)34-16-8-10-18-37(34)47(39)30-12-3-1-4-13-30;45-26-28-23-29(27-46)25-32(24-28)49-43-33(19-21-39-41(43)35-15-7-9-17-37(35)47(39)30-11-3-1-4-12-30)34-20-22-40-42(44(34)49)36-16-8-10-18-38(36)48(40)31-13-5-2-6-14-31;45-26-28-11-9-17-32(25-28)49-43-33(21-23-38-40(43)35-18-7-8-20-37(35)47(38)30-13-3-1-4-14-30)34-22-24-39-41(44(34)49)36-19-10-12-29(27-46)42(36)48(39)31-15-5-2-6-16-31/h3*1-25H. The van der Waals surface area contributed by atoms with Gasteiger partial charge in [-0.3, -0.25) is 0 Å². The summed E-state index contributed by atoms with van der Waals surface area (Å²) in [6.45, 7) is 0. The van der Waals surface area contributed by atoms with Gasteiger partial charge in [0.15, 0.2) is 0 Å². The van der Waals surface area contributed by atoms with Crippen molar-refractivity contribution in [2.24, 2.45) is 0 Å². The van der Waals surface area contributed by atoms with Crippen LogP contribution in [0.1, 0.15) is 33.4 Å². The van der Waals surface area contributed by atoms with E-state index in [4.69, 9.17) is 0 Å². The quantitative estimate of drug-likeness (QED) is 0.138. The predicted molar refractivity (Wildman–Crippen MR) is 597 cm³/mol. The Labute approximate surface area is 839 Å². The monoisotopic (exact) mass is 1870 g/mol. The van der Waals surface area contributed by atoms with Crippen molar-refractivity contribution in [3.63, 3.8) is 0 Å². The second kappa shape index (κ2) is 33.2. The van der Waals surface area contributed by atoms with Crippen LogP contribution in [0.25, 0.3) is 247 Å². The van der Waals surface area contributed by atoms with Crippen molar-refractivity contribution in [2.45, 2.75) is 0 Å². The maximum Gasteiger partial charge on any atom is 0.101 e. The van der Waals surface area contributed by atoms with Crippen molar-refractivity contribution < 1.29 is 0 Å². The van der Waals surface area contributed by atoms with Crippen LogP contribution in [0.3, 0.4) is 0 Å². The number of para-hydroxylation sites is 12. The van der Waals surface area contributed by atoms with Crippen LogP contribution in [0.2, 0.25) is 0 Å². The largest absolute Gasteiger partial charge is 0.309 e. The van der Waals surface area contributed by atoms with Gasteiger partial charge in [0.25, 0.3) is 0 Å². The normalized spacial score (nSPS) is 11.6. The van der Waals surface area contributed by atoms with Gasteiger partial charge >= 0.3 is 0 Å². The van der Waals surface area contributed by atoms with Gasteiger partial charge < -0.3 is 41.1 Å². The van der Waals surface area contributed by atoms with Crippen molar-refractivity contribution in [1.82, 2.24) is 41.1 Å². The van der Waals surface area contributed by atoms with Gasteiger partial charge in [-0.05, 0) is 206 Å². The highest BCUT2D eigenvalue weighted by atomic mass is 15.1. The fourth-order valence-corrected chi connectivity index (χ4v) is 23.8. The lowest BCUT2D eigenvalue weighted by Gasteiger charge is -2.12. The minimum atomic E-state index is 0.446. The molecule has 0 radical (unpaired) electrons. The van der Waals surface area contributed by atoms with Crippen LogP contribution in [0.4, 0.5) is 0 Å². The van der Waals surface area contributed by atoms with E-state index in [1.165, 1.54) is 10.8 Å². The number of nitrogens with zero attached hydrogens (tertiary/aromatic N) is 15. The zero-order valence-electron chi connectivity index (χ0n) is 78.5. The number of hydrogen-bond donors (Lipinski definition) is 0. The van der Waals surface area contributed by atoms with Gasteiger partial charge in [0, 0.05) is 142 Å². The Morgan fingerprint density at radius 1 is 0.129 bits per heavy atom. The van der Waals surface area contributed by atoms with E-state index in [9.17, 15) is 31.6 Å². The van der Waals surface area contributed by atoms with E-state index in [1.54, 1.807) is 6.07 Å². The van der Waals surface area contributed by atoms with Gasteiger partial charge in [0.05, 0.1) is 163 Å². The summed E-state index contributed by atoms with van der Waals surface area (Å²) in [6, 6.07) is 171. The zero-order valence-corrected chi connectivity index (χ0v) is 78.5. The van der Waals surface area contributed by atoms with Crippen LogP contribution in [0, 0.1) is 68.0 Å². The molecule has 0 atom stereocenters. The molecule has 0 aliphatic heterocycles. The maximum absolute atomic E-state index is 10.4. The Morgan fingerprint density at radius 3 is 0.769 bits per heavy atom. The molecule has 0 bridgehead atoms. The number of rotatable bonds is 9. The van der Waals surface area contributed by atoms with E-state index in [1.807, 2.05) is 127 Å². The Kier molecular flexibility index (Phi) is 19.0. The molecule has 30 aromatic rings. The molecule has 0 saturated heterocycles. The average Bonchev–Trinajstić information content (AvgIpc) is 1.53. The first-order chi connectivity index (χ1) is 72.8. The van der Waals surface area contributed by atoms with Gasteiger partial charge in [-0.15, -0.1) is 0 Å². The van der Waals surface area contributed by atoms with Gasteiger partial charge in [0.2, 0.25) is 0 Å². The molecule has 15 nitrogen and oxygen atoms in total. The summed E-state index contributed by atoms with van der Waals surface area (Å²) in [4.78, 5) is 0. The van der Waals surface area contributed by atoms with Crippen LogP contribution in [0.15, 0.2) is 455 Å². The van der Waals surface area contributed by atoms with Crippen molar-refractivity contribution in [3.8, 4) is 87.6 Å². The van der Waals surface area contributed by atoms with Gasteiger partial charge in [0.1, 0.15) is 12.1 Å². The first-order valence-corrected chi connectivity index (χ1v) is 48.7. The lowest BCUT2D eigenvalue weighted by atomic mass is 10.0. The molecular weight excluding hydrogens is 1800 g/mol. The molecule has 147 heavy (non-hydrogen) atoms. The van der Waals surface area contributed by atoms with Crippen LogP contribution in [-0.2, 0) is 0 Å². The number of aromatic nitrogens is 9. The average molecular weight is 1870 g/mol. The highest BCUT2D eigenvalue weighted by Gasteiger charge is 2.32. The summed E-state index contributed by atoms with van der Waals surface area (Å²) in [5.41, 5.74) is 31.3. The van der Waals surface area contributed by atoms with E-state index in [0.717, 1.165) is 237 Å². The molecule has 0 spiro atoms. The molecule has 0 aliphatic rings. The third-order valence-corrected chi connectivity index (χ3v) is 29.6. The molecule has 0 N–H and O–H groups in total. The molecule has 678 valence electrons. The lowest BCUT2D eigenvalue weighted by molar-refractivity contribution is 1.16. The Hall–Kier alpha value is -21.2. The SMILES string of the molecule is N#Cc1cc(C#N)cc(-n2c3c(ccc4c3c3ccccc3n4-c3ccccc3)c3ccc4c(c5ccccc5n4-c4ccccc4)c32)c1.N#Cc1ccc2c(c1)c1c(ccc3c4ccc5c(c6ccccc6n5-c5ccccc5)c4n(-c4ccccc4)c31)n2-c1ccccc1C#N.N#Cc1cccc(-n2c3c(ccc4c3c3ccccc3n4-c3ccccc3)c3ccc4c(c5cccc(C#N)c5n4-c4ccccc4)c32)c1. The number of benzene rings is 21. The molecule has 0 amide bonds. The van der Waals surface area contributed by atoms with Crippen molar-refractivity contribution in [2.75, 3.05) is 0 Å². The Morgan fingerprint density at radius 2 is 0.388 bits per heavy atom. The van der Waals surface area contributed by atoms with Gasteiger partial charge in [-0.2, -0.15) is 31.6 Å². The number of fused-ring (bicyclic) bond motifs is 33. The first-order valence-electron chi connectivity index (χ1n) is 48.7. The van der Waals surface area contributed by atoms with E-state index in [0.29, 0.717) is 33.4 Å². The molecule has 0 unspecified atom stereocenters. The summed E-state index contributed by atoms with van der Waals surface area (Å²) in [5.74, 6) is 0. The maximum atomic E-state index is 10.4. The van der Waals surface area contributed by atoms with Crippen molar-refractivity contribution in [1.29, 1.82) is 31.6 Å². The molecular formula is C132H75N15. The second-order valence-corrected chi connectivity index (χ2v) is 37.2. The molecule has 21 aromatic carbocycles. The first kappa shape index (κ1) is 83.9. The molecule has 0 aliphatic carbocycles. The van der Waals surface area contributed by atoms with Crippen LogP contribution >= 0.6 is 0 Å². The minimum Gasteiger partial charge on any atom is -0.309 e. The van der Waals surface area contributed by atoms with E-state index in [2.05, 4.69) is 399 Å². The van der Waals surface area contributed by atoms with E-state index < -0.39 is 0 Å². The zero-order chi connectivity index (χ0) is 97.9. The molecule has 30 rings (SSSR count). The van der Waals surface area contributed by atoms with Crippen molar-refractivity contribution in [3.05, 3.63) is 488 Å². The van der Waals surface area contributed by atoms with Gasteiger partial charge in [-0.1, -0.05) is 249 Å². The smallest absolute Gasteiger partial charge is 0.101 e. The highest BCUT2D eigenvalue weighted by molar-refractivity contribution is 6.36. The fourth-order valence-electron chi connectivity index (χ4n) is 23.8. The summed E-state index contributed by atoms with van der Waals surface area (Å²) < 4.78 is 20.8. The molecule has 9 heterocycles. The fraction of sp³-hybridized carbons (Fsp3) is 0. The molecule has 0 saturated carbocycles. The predicted octanol–water partition coefficient (Wildman–Crippen LogP) is 32.2.